The average molecular weight is 318 g/mol. The molecule has 0 unspecified atom stereocenters. The molecule has 2 heterocycles. The molecule has 0 fully saturated rings. The van der Waals surface area contributed by atoms with E-state index in [4.69, 9.17) is 11.6 Å². The summed E-state index contributed by atoms with van der Waals surface area (Å²) in [5.74, 6) is 0. The van der Waals surface area contributed by atoms with Crippen molar-refractivity contribution in [1.29, 1.82) is 0 Å². The first kappa shape index (κ1) is 15.0. The van der Waals surface area contributed by atoms with Gasteiger partial charge in [0.05, 0.1) is 17.4 Å². The first-order valence-corrected chi connectivity index (χ1v) is 7.94. The minimum Gasteiger partial charge on any atom is -0.283 e. The van der Waals surface area contributed by atoms with E-state index in [1.807, 2.05) is 6.92 Å². The van der Waals surface area contributed by atoms with Gasteiger partial charge < -0.3 is 0 Å². The number of aryl methyl sites for hydroxylation is 3. The van der Waals surface area contributed by atoms with E-state index in [1.54, 1.807) is 6.20 Å². The van der Waals surface area contributed by atoms with Crippen molar-refractivity contribution in [3.63, 3.8) is 0 Å². The number of H-pyrrole nitrogens is 1. The molecule has 0 aromatic carbocycles. The lowest BCUT2D eigenvalue weighted by atomic mass is 10.1. The van der Waals surface area contributed by atoms with Crippen molar-refractivity contribution in [2.75, 3.05) is 6.54 Å². The van der Waals surface area contributed by atoms with Gasteiger partial charge in [0.1, 0.15) is 0 Å². The Hall–Kier alpha value is -1.38. The van der Waals surface area contributed by atoms with Crippen molar-refractivity contribution in [2.24, 2.45) is 7.05 Å². The van der Waals surface area contributed by atoms with E-state index in [1.165, 1.54) is 17.9 Å². The summed E-state index contributed by atoms with van der Waals surface area (Å²) in [5, 5.41) is 10.7. The zero-order valence-corrected chi connectivity index (χ0v) is 12.8. The largest absolute Gasteiger partial charge is 0.283 e. The first-order chi connectivity index (χ1) is 9.42. The fraction of sp³-hybridized carbons (Fsp3) is 0.455. The van der Waals surface area contributed by atoms with E-state index in [0.717, 1.165) is 17.7 Å². The number of hydrogen-bond acceptors (Lipinski definition) is 4. The maximum atomic E-state index is 12.1. The van der Waals surface area contributed by atoms with E-state index < -0.39 is 10.0 Å². The van der Waals surface area contributed by atoms with Crippen LogP contribution >= 0.6 is 11.6 Å². The molecule has 2 aromatic rings. The maximum absolute atomic E-state index is 12.1. The quantitative estimate of drug-likeness (QED) is 0.778. The van der Waals surface area contributed by atoms with Crippen molar-refractivity contribution < 1.29 is 8.42 Å². The molecular formula is C11H16ClN5O2S. The summed E-state index contributed by atoms with van der Waals surface area (Å²) in [6, 6.07) is 0. The fourth-order valence-electron chi connectivity index (χ4n) is 1.88. The van der Waals surface area contributed by atoms with Gasteiger partial charge in [0.25, 0.3) is 10.0 Å². The SMILES string of the molecule is Cc1[nH]ncc1CCCNS(=O)(=O)c1c(Cl)cnn1C. The minimum atomic E-state index is -3.63. The van der Waals surface area contributed by atoms with Crippen LogP contribution in [-0.2, 0) is 23.5 Å². The number of sulfonamides is 1. The zero-order valence-electron chi connectivity index (χ0n) is 11.2. The number of hydrogen-bond donors (Lipinski definition) is 2. The molecule has 0 amide bonds. The van der Waals surface area contributed by atoms with Gasteiger partial charge in [-0.3, -0.25) is 9.78 Å². The van der Waals surface area contributed by atoms with Crippen LogP contribution in [0.2, 0.25) is 5.02 Å². The second-order valence-electron chi connectivity index (χ2n) is 4.44. The van der Waals surface area contributed by atoms with E-state index in [-0.39, 0.29) is 10.0 Å². The van der Waals surface area contributed by atoms with Crippen molar-refractivity contribution in [2.45, 2.75) is 24.8 Å². The van der Waals surface area contributed by atoms with E-state index in [9.17, 15) is 8.42 Å². The summed E-state index contributed by atoms with van der Waals surface area (Å²) in [6.45, 7) is 2.26. The highest BCUT2D eigenvalue weighted by atomic mass is 35.5. The summed E-state index contributed by atoms with van der Waals surface area (Å²) in [5.41, 5.74) is 2.09. The number of aromatic nitrogens is 4. The highest BCUT2D eigenvalue weighted by Crippen LogP contribution is 2.19. The number of nitrogens with one attached hydrogen (secondary N) is 2. The van der Waals surface area contributed by atoms with Crippen molar-refractivity contribution in [3.05, 3.63) is 28.7 Å². The topological polar surface area (TPSA) is 92.7 Å². The Morgan fingerprint density at radius 2 is 2.20 bits per heavy atom. The standard InChI is InChI=1S/C11H16ClN5O2S/c1-8-9(6-13-16-8)4-3-5-15-20(18,19)11-10(12)7-14-17(11)2/h6-7,15H,3-5H2,1-2H3,(H,13,16). The third-order valence-corrected chi connectivity index (χ3v) is 4.91. The Morgan fingerprint density at radius 3 is 2.75 bits per heavy atom. The second kappa shape index (κ2) is 5.94. The molecule has 0 aliphatic rings. The summed E-state index contributed by atoms with van der Waals surface area (Å²) in [7, 11) is -2.10. The molecule has 2 N–H and O–H groups in total. The number of halogens is 1. The third-order valence-electron chi connectivity index (χ3n) is 2.95. The van der Waals surface area contributed by atoms with Gasteiger partial charge in [0.15, 0.2) is 5.03 Å². The molecule has 2 rings (SSSR count). The molecule has 7 nitrogen and oxygen atoms in total. The Morgan fingerprint density at radius 1 is 1.45 bits per heavy atom. The van der Waals surface area contributed by atoms with Crippen LogP contribution in [0, 0.1) is 6.92 Å². The van der Waals surface area contributed by atoms with Crippen LogP contribution in [0.4, 0.5) is 0 Å². The molecule has 9 heteroatoms. The number of nitrogens with zero attached hydrogens (tertiary/aromatic N) is 3. The monoisotopic (exact) mass is 317 g/mol. The van der Waals surface area contributed by atoms with Gasteiger partial charge in [-0.05, 0) is 25.3 Å². The van der Waals surface area contributed by atoms with E-state index in [0.29, 0.717) is 13.0 Å². The van der Waals surface area contributed by atoms with Crippen molar-refractivity contribution >= 4 is 21.6 Å². The van der Waals surface area contributed by atoms with Crippen LogP contribution in [0.25, 0.3) is 0 Å². The van der Waals surface area contributed by atoms with Crippen LogP contribution in [0.1, 0.15) is 17.7 Å². The molecule has 0 aliphatic carbocycles. The Labute approximate surface area is 122 Å². The highest BCUT2D eigenvalue weighted by molar-refractivity contribution is 7.89. The molecular weight excluding hydrogens is 302 g/mol. The van der Waals surface area contributed by atoms with Crippen LogP contribution in [-0.4, -0.2) is 34.9 Å². The van der Waals surface area contributed by atoms with Gasteiger partial charge in [-0.25, -0.2) is 13.1 Å². The smallest absolute Gasteiger partial charge is 0.259 e. The Balaban J connectivity index is 1.92. The molecule has 110 valence electrons. The first-order valence-electron chi connectivity index (χ1n) is 6.08. The molecule has 0 spiro atoms. The summed E-state index contributed by atoms with van der Waals surface area (Å²) < 4.78 is 27.9. The normalized spacial score (nSPS) is 11.9. The lowest BCUT2D eigenvalue weighted by Crippen LogP contribution is -2.27. The summed E-state index contributed by atoms with van der Waals surface area (Å²) in [4.78, 5) is 0. The van der Waals surface area contributed by atoms with Gasteiger partial charge in [0, 0.05) is 19.3 Å². The van der Waals surface area contributed by atoms with Gasteiger partial charge in [-0.2, -0.15) is 10.2 Å². The van der Waals surface area contributed by atoms with Crippen LogP contribution < -0.4 is 4.72 Å². The molecule has 0 radical (unpaired) electrons. The molecule has 20 heavy (non-hydrogen) atoms. The van der Waals surface area contributed by atoms with E-state index >= 15 is 0 Å². The van der Waals surface area contributed by atoms with Gasteiger partial charge in [0.2, 0.25) is 0 Å². The van der Waals surface area contributed by atoms with Gasteiger partial charge in [-0.15, -0.1) is 0 Å². The Kier molecular flexibility index (Phi) is 4.46. The molecule has 2 aromatic heterocycles. The molecule has 0 aliphatic heterocycles. The molecule has 0 saturated carbocycles. The highest BCUT2D eigenvalue weighted by Gasteiger charge is 2.21. The summed E-state index contributed by atoms with van der Waals surface area (Å²) in [6.07, 6.45) is 4.49. The number of aromatic amines is 1. The van der Waals surface area contributed by atoms with Crippen molar-refractivity contribution in [1.82, 2.24) is 24.7 Å². The average Bonchev–Trinajstić information content (AvgIpc) is 2.92. The predicted molar refractivity (Wildman–Crippen MR) is 75.1 cm³/mol. The van der Waals surface area contributed by atoms with E-state index in [2.05, 4.69) is 20.0 Å². The minimum absolute atomic E-state index is 0.0151. The fourth-order valence-corrected chi connectivity index (χ4v) is 3.61. The maximum Gasteiger partial charge on any atom is 0.259 e. The molecule has 0 bridgehead atoms. The summed E-state index contributed by atoms with van der Waals surface area (Å²) >= 11 is 5.83. The predicted octanol–water partition coefficient (Wildman–Crippen LogP) is 1.02. The Bertz CT molecular complexity index is 672. The lowest BCUT2D eigenvalue weighted by Gasteiger charge is -2.07. The lowest BCUT2D eigenvalue weighted by molar-refractivity contribution is 0.561. The zero-order chi connectivity index (χ0) is 14.8. The molecule has 0 saturated heterocycles. The van der Waals surface area contributed by atoms with Crippen LogP contribution in [0.5, 0.6) is 0 Å². The number of rotatable bonds is 6. The van der Waals surface area contributed by atoms with Crippen LogP contribution in [0.15, 0.2) is 17.4 Å². The van der Waals surface area contributed by atoms with Gasteiger partial charge in [-0.1, -0.05) is 11.6 Å². The second-order valence-corrected chi connectivity index (χ2v) is 6.53. The van der Waals surface area contributed by atoms with Gasteiger partial charge >= 0.3 is 0 Å². The third kappa shape index (κ3) is 3.20. The van der Waals surface area contributed by atoms with Crippen molar-refractivity contribution in [3.8, 4) is 0 Å². The van der Waals surface area contributed by atoms with Crippen LogP contribution in [0.3, 0.4) is 0 Å². The molecule has 0 atom stereocenters.